The fourth-order valence-electron chi connectivity index (χ4n) is 6.33. The Morgan fingerprint density at radius 1 is 0.623 bits per heavy atom. The zero-order chi connectivity index (χ0) is 39.3. The summed E-state index contributed by atoms with van der Waals surface area (Å²) in [7, 11) is 1.59. The van der Waals surface area contributed by atoms with Gasteiger partial charge in [0.15, 0.2) is 0 Å². The molecule has 8 nitrogen and oxygen atoms in total. The van der Waals surface area contributed by atoms with Crippen LogP contribution >= 0.6 is 7.82 Å². The van der Waals surface area contributed by atoms with Gasteiger partial charge in [0.1, 0.15) is 13.2 Å². The summed E-state index contributed by atoms with van der Waals surface area (Å²) in [6, 6.07) is -0.778. The Labute approximate surface area is 328 Å². The lowest BCUT2D eigenvalue weighted by Crippen LogP contribution is -2.46. The average molecular weight is 772 g/mol. The number of aliphatic hydroxyl groups excluding tert-OH is 1. The molecule has 0 saturated carbocycles. The van der Waals surface area contributed by atoms with Crippen molar-refractivity contribution in [1.82, 2.24) is 5.32 Å². The number of likely N-dealkylation sites (N-methyl/N-ethyl adjacent to an activating group) is 1. The van der Waals surface area contributed by atoms with Gasteiger partial charge in [0.2, 0.25) is 5.91 Å². The standard InChI is InChI=1S/C44H87N2O6P/c1-6-8-10-12-14-16-18-20-22-24-25-27-29-31-33-35-37-43(47)42(41-52-53(49,50)51-40-39-46(3,4)5)45-44(48)38-36-34-32-30-28-26-23-21-19-17-15-13-11-9-7-2/h21,23,27,29,42-43,47H,6-20,22,24-26,28,30-41H2,1-5H3,(H-,45,48,49,50)/p+1/b23-21+,29-27+/t42-,43+/m0/s1. The van der Waals surface area contributed by atoms with Crippen LogP contribution in [0.15, 0.2) is 24.3 Å². The lowest BCUT2D eigenvalue weighted by atomic mass is 10.0. The maximum atomic E-state index is 12.9. The van der Waals surface area contributed by atoms with Gasteiger partial charge >= 0.3 is 7.82 Å². The van der Waals surface area contributed by atoms with E-state index in [1.807, 2.05) is 21.1 Å². The second kappa shape index (κ2) is 36.6. The van der Waals surface area contributed by atoms with Crippen LogP contribution in [-0.2, 0) is 18.4 Å². The molecule has 0 aliphatic rings. The first-order valence-corrected chi connectivity index (χ1v) is 23.7. The minimum Gasteiger partial charge on any atom is -0.391 e. The highest BCUT2D eigenvalue weighted by Crippen LogP contribution is 2.43. The smallest absolute Gasteiger partial charge is 0.391 e. The van der Waals surface area contributed by atoms with Crippen molar-refractivity contribution in [3.05, 3.63) is 24.3 Å². The largest absolute Gasteiger partial charge is 0.472 e. The third kappa shape index (κ3) is 39.0. The lowest BCUT2D eigenvalue weighted by molar-refractivity contribution is -0.870. The molecule has 0 aromatic rings. The number of aliphatic hydroxyl groups is 1. The zero-order valence-corrected chi connectivity index (χ0v) is 36.4. The first-order chi connectivity index (χ1) is 25.5. The lowest BCUT2D eigenvalue weighted by Gasteiger charge is -2.26. The molecule has 3 atom stereocenters. The van der Waals surface area contributed by atoms with Gasteiger partial charge in [-0.05, 0) is 64.2 Å². The number of allylic oxidation sites excluding steroid dienone is 4. The van der Waals surface area contributed by atoms with E-state index in [-0.39, 0.29) is 19.1 Å². The van der Waals surface area contributed by atoms with Gasteiger partial charge in [-0.2, -0.15) is 0 Å². The van der Waals surface area contributed by atoms with E-state index in [2.05, 4.69) is 43.5 Å². The zero-order valence-electron chi connectivity index (χ0n) is 35.5. The minimum atomic E-state index is -4.32. The Hall–Kier alpha value is -1.02. The van der Waals surface area contributed by atoms with E-state index in [1.165, 1.54) is 116 Å². The maximum Gasteiger partial charge on any atom is 0.472 e. The average Bonchev–Trinajstić information content (AvgIpc) is 3.10. The number of hydrogen-bond acceptors (Lipinski definition) is 5. The summed E-state index contributed by atoms with van der Waals surface area (Å²) in [6.45, 7) is 4.85. The normalized spacial score (nSPS) is 14.6. The predicted molar refractivity (Wildman–Crippen MR) is 226 cm³/mol. The molecule has 0 aliphatic carbocycles. The van der Waals surface area contributed by atoms with Crippen molar-refractivity contribution in [2.75, 3.05) is 40.9 Å². The van der Waals surface area contributed by atoms with Gasteiger partial charge in [-0.1, -0.05) is 154 Å². The number of hydrogen-bond donors (Lipinski definition) is 3. The number of carbonyl (C=O) groups is 1. The Morgan fingerprint density at radius 2 is 1.02 bits per heavy atom. The van der Waals surface area contributed by atoms with Crippen LogP contribution in [0, 0.1) is 0 Å². The molecule has 0 radical (unpaired) electrons. The molecule has 0 aromatic carbocycles. The first kappa shape index (κ1) is 52.0. The highest BCUT2D eigenvalue weighted by Gasteiger charge is 2.28. The number of amides is 1. The molecule has 0 aromatic heterocycles. The quantitative estimate of drug-likeness (QED) is 0.0248. The van der Waals surface area contributed by atoms with Gasteiger partial charge in [-0.15, -0.1) is 0 Å². The number of quaternary nitrogens is 1. The van der Waals surface area contributed by atoms with E-state index in [4.69, 9.17) is 9.05 Å². The van der Waals surface area contributed by atoms with Crippen LogP contribution in [0.25, 0.3) is 0 Å². The highest BCUT2D eigenvalue weighted by atomic mass is 31.2. The van der Waals surface area contributed by atoms with E-state index in [1.54, 1.807) is 0 Å². The molecule has 0 saturated heterocycles. The second-order valence-corrected chi connectivity index (χ2v) is 17.9. The Kier molecular flexibility index (Phi) is 35.9. The van der Waals surface area contributed by atoms with Crippen molar-refractivity contribution in [2.24, 2.45) is 0 Å². The van der Waals surface area contributed by atoms with Crippen LogP contribution in [0.1, 0.15) is 200 Å². The summed E-state index contributed by atoms with van der Waals surface area (Å²) in [4.78, 5) is 23.1. The van der Waals surface area contributed by atoms with E-state index in [9.17, 15) is 19.4 Å². The Balaban J connectivity index is 4.43. The van der Waals surface area contributed by atoms with Crippen molar-refractivity contribution >= 4 is 13.7 Å². The third-order valence-electron chi connectivity index (χ3n) is 9.92. The molecule has 0 bridgehead atoms. The molecule has 314 valence electrons. The molecular weight excluding hydrogens is 683 g/mol. The van der Waals surface area contributed by atoms with Gasteiger partial charge in [0.05, 0.1) is 39.9 Å². The number of nitrogens with zero attached hydrogens (tertiary/aromatic N) is 1. The van der Waals surface area contributed by atoms with Crippen molar-refractivity contribution < 1.29 is 32.9 Å². The van der Waals surface area contributed by atoms with Crippen LogP contribution in [0.4, 0.5) is 0 Å². The van der Waals surface area contributed by atoms with Gasteiger partial charge in [-0.3, -0.25) is 13.8 Å². The maximum absolute atomic E-state index is 12.9. The summed E-state index contributed by atoms with van der Waals surface area (Å²) < 4.78 is 23.6. The summed E-state index contributed by atoms with van der Waals surface area (Å²) >= 11 is 0. The van der Waals surface area contributed by atoms with Crippen LogP contribution < -0.4 is 5.32 Å². The Bertz CT molecular complexity index is 922. The fourth-order valence-corrected chi connectivity index (χ4v) is 7.06. The van der Waals surface area contributed by atoms with Crippen molar-refractivity contribution in [2.45, 2.75) is 212 Å². The Morgan fingerprint density at radius 3 is 1.45 bits per heavy atom. The minimum absolute atomic E-state index is 0.0685. The molecular formula is C44H88N2O6P+. The topological polar surface area (TPSA) is 105 Å². The summed E-state index contributed by atoms with van der Waals surface area (Å²) in [6.07, 6.45) is 42.0. The molecule has 53 heavy (non-hydrogen) atoms. The van der Waals surface area contributed by atoms with Gasteiger partial charge in [0.25, 0.3) is 0 Å². The number of nitrogens with one attached hydrogen (secondary N) is 1. The van der Waals surface area contributed by atoms with E-state index >= 15 is 0 Å². The molecule has 1 unspecified atom stereocenters. The van der Waals surface area contributed by atoms with Crippen LogP contribution in [0.5, 0.6) is 0 Å². The molecule has 0 aliphatic heterocycles. The molecule has 3 N–H and O–H groups in total. The molecule has 0 spiro atoms. The van der Waals surface area contributed by atoms with Crippen LogP contribution in [0.2, 0.25) is 0 Å². The van der Waals surface area contributed by atoms with Crippen molar-refractivity contribution in [1.29, 1.82) is 0 Å². The summed E-state index contributed by atoms with van der Waals surface area (Å²) in [5, 5.41) is 13.9. The SMILES string of the molecule is CCCCCCCC/C=C/CCCCCCCC(=O)N[C@@H](COP(=O)(O)OCC[N+](C)(C)C)[C@H](O)CCCC/C=C/CCCCCCCCCCCC. The predicted octanol–water partition coefficient (Wildman–Crippen LogP) is 12.1. The monoisotopic (exact) mass is 772 g/mol. The van der Waals surface area contributed by atoms with E-state index in [0.717, 1.165) is 57.8 Å². The molecule has 1 amide bonds. The fraction of sp³-hybridized carbons (Fsp3) is 0.886. The van der Waals surface area contributed by atoms with Crippen molar-refractivity contribution in [3.63, 3.8) is 0 Å². The number of carbonyl (C=O) groups excluding carboxylic acids is 1. The van der Waals surface area contributed by atoms with Crippen molar-refractivity contribution in [3.8, 4) is 0 Å². The second-order valence-electron chi connectivity index (χ2n) is 16.4. The van der Waals surface area contributed by atoms with Gasteiger partial charge in [0, 0.05) is 6.42 Å². The highest BCUT2D eigenvalue weighted by molar-refractivity contribution is 7.47. The molecule has 9 heteroatoms. The number of rotatable bonds is 40. The summed E-state index contributed by atoms with van der Waals surface area (Å²) in [5.41, 5.74) is 0. The first-order valence-electron chi connectivity index (χ1n) is 22.2. The molecule has 0 rings (SSSR count). The van der Waals surface area contributed by atoms with E-state index in [0.29, 0.717) is 23.9 Å². The number of phosphoric acid groups is 1. The number of unbranched alkanes of at least 4 members (excludes halogenated alkanes) is 23. The van der Waals surface area contributed by atoms with Gasteiger partial charge in [-0.25, -0.2) is 4.57 Å². The van der Waals surface area contributed by atoms with Crippen LogP contribution in [-0.4, -0.2) is 73.4 Å². The third-order valence-corrected chi connectivity index (χ3v) is 10.9. The van der Waals surface area contributed by atoms with Crippen LogP contribution in [0.3, 0.4) is 0 Å². The van der Waals surface area contributed by atoms with Gasteiger partial charge < -0.3 is 19.8 Å². The molecule has 0 fully saturated rings. The molecule has 0 heterocycles. The number of phosphoric ester groups is 1. The summed E-state index contributed by atoms with van der Waals surface area (Å²) in [5.74, 6) is -0.163. The van der Waals surface area contributed by atoms with E-state index < -0.39 is 20.0 Å².